The molecule has 3 aromatic rings. The standard InChI is InChI=1S/C16H14Cl2N2O2S/c17-12-5-6-14(18)16(9-12)23(21,22)20-8-7-11-10-19-15-4-2-1-3-13(11)15/h1-6,9-10,19-20H,7-8H2. The molecular formula is C16H14Cl2N2O2S. The van der Waals surface area contributed by atoms with Crippen molar-refractivity contribution in [3.8, 4) is 0 Å². The second-order valence-corrected chi connectivity index (χ2v) is 7.66. The van der Waals surface area contributed by atoms with Gasteiger partial charge in [0, 0.05) is 28.7 Å². The maximum atomic E-state index is 12.3. The van der Waals surface area contributed by atoms with Gasteiger partial charge in [-0.1, -0.05) is 41.4 Å². The van der Waals surface area contributed by atoms with Gasteiger partial charge in [-0.15, -0.1) is 0 Å². The largest absolute Gasteiger partial charge is 0.361 e. The molecule has 0 radical (unpaired) electrons. The van der Waals surface area contributed by atoms with Crippen LogP contribution < -0.4 is 4.72 Å². The third-order valence-corrected chi connectivity index (χ3v) is 5.72. The number of nitrogens with one attached hydrogen (secondary N) is 2. The first-order chi connectivity index (χ1) is 11.0. The van der Waals surface area contributed by atoms with E-state index in [0.717, 1.165) is 16.5 Å². The Morgan fingerprint density at radius 2 is 1.87 bits per heavy atom. The molecule has 0 aliphatic rings. The molecule has 0 unspecified atom stereocenters. The smallest absolute Gasteiger partial charge is 0.242 e. The fourth-order valence-electron chi connectivity index (χ4n) is 2.42. The van der Waals surface area contributed by atoms with E-state index >= 15 is 0 Å². The van der Waals surface area contributed by atoms with Gasteiger partial charge in [-0.3, -0.25) is 0 Å². The van der Waals surface area contributed by atoms with Crippen LogP contribution in [0, 0.1) is 0 Å². The molecule has 2 N–H and O–H groups in total. The summed E-state index contributed by atoms with van der Waals surface area (Å²) in [7, 11) is -3.70. The summed E-state index contributed by atoms with van der Waals surface area (Å²) in [5, 5.41) is 1.56. The molecular weight excluding hydrogens is 355 g/mol. The van der Waals surface area contributed by atoms with Gasteiger partial charge in [0.05, 0.1) is 5.02 Å². The fourth-order valence-corrected chi connectivity index (χ4v) is 4.21. The summed E-state index contributed by atoms with van der Waals surface area (Å²) in [5.74, 6) is 0. The molecule has 7 heteroatoms. The van der Waals surface area contributed by atoms with Crippen LogP contribution in [-0.2, 0) is 16.4 Å². The fraction of sp³-hybridized carbons (Fsp3) is 0.125. The third-order valence-electron chi connectivity index (χ3n) is 3.54. The molecule has 4 nitrogen and oxygen atoms in total. The number of fused-ring (bicyclic) bond motifs is 1. The zero-order valence-corrected chi connectivity index (χ0v) is 14.3. The number of H-pyrrole nitrogens is 1. The van der Waals surface area contributed by atoms with E-state index in [1.54, 1.807) is 6.07 Å². The van der Waals surface area contributed by atoms with Gasteiger partial charge < -0.3 is 4.98 Å². The maximum Gasteiger partial charge on any atom is 0.242 e. The Morgan fingerprint density at radius 3 is 2.70 bits per heavy atom. The van der Waals surface area contributed by atoms with Gasteiger partial charge in [-0.05, 0) is 36.2 Å². The second-order valence-electron chi connectivity index (χ2n) is 5.08. The summed E-state index contributed by atoms with van der Waals surface area (Å²) < 4.78 is 27.2. The quantitative estimate of drug-likeness (QED) is 0.714. The number of halogens is 2. The Bertz CT molecular complexity index is 952. The van der Waals surface area contributed by atoms with Gasteiger partial charge >= 0.3 is 0 Å². The van der Waals surface area contributed by atoms with Gasteiger partial charge in [0.1, 0.15) is 4.90 Å². The minimum atomic E-state index is -3.70. The summed E-state index contributed by atoms with van der Waals surface area (Å²) in [6.45, 7) is 0.271. The highest BCUT2D eigenvalue weighted by molar-refractivity contribution is 7.89. The van der Waals surface area contributed by atoms with Crippen LogP contribution in [0.5, 0.6) is 0 Å². The number of hydrogen-bond donors (Lipinski definition) is 2. The van der Waals surface area contributed by atoms with Crippen LogP contribution in [0.1, 0.15) is 5.56 Å². The lowest BCUT2D eigenvalue weighted by Gasteiger charge is -2.08. The van der Waals surface area contributed by atoms with Gasteiger partial charge in [-0.25, -0.2) is 13.1 Å². The number of hydrogen-bond acceptors (Lipinski definition) is 2. The van der Waals surface area contributed by atoms with Crippen molar-refractivity contribution in [2.45, 2.75) is 11.3 Å². The van der Waals surface area contributed by atoms with E-state index in [1.165, 1.54) is 12.1 Å². The monoisotopic (exact) mass is 368 g/mol. The molecule has 3 rings (SSSR count). The first kappa shape index (κ1) is 16.3. The molecule has 1 aromatic heterocycles. The van der Waals surface area contributed by atoms with Crippen molar-refractivity contribution in [3.05, 3.63) is 64.3 Å². The van der Waals surface area contributed by atoms with E-state index in [0.29, 0.717) is 11.4 Å². The minimum absolute atomic E-state index is 0.00871. The molecule has 0 fully saturated rings. The molecule has 0 aliphatic heterocycles. The lowest BCUT2D eigenvalue weighted by molar-refractivity contribution is 0.582. The van der Waals surface area contributed by atoms with Crippen molar-refractivity contribution in [3.63, 3.8) is 0 Å². The Hall–Kier alpha value is -1.53. The first-order valence-electron chi connectivity index (χ1n) is 6.97. The van der Waals surface area contributed by atoms with Crippen LogP contribution in [0.4, 0.5) is 0 Å². The molecule has 0 saturated heterocycles. The van der Waals surface area contributed by atoms with Crippen molar-refractivity contribution >= 4 is 44.1 Å². The van der Waals surface area contributed by atoms with E-state index in [1.807, 2.05) is 30.5 Å². The topological polar surface area (TPSA) is 62.0 Å². The Kier molecular flexibility index (Phi) is 4.64. The van der Waals surface area contributed by atoms with Crippen molar-refractivity contribution in [2.24, 2.45) is 0 Å². The number of rotatable bonds is 5. The Balaban J connectivity index is 1.74. The highest BCUT2D eigenvalue weighted by Gasteiger charge is 2.18. The van der Waals surface area contributed by atoms with Crippen LogP contribution in [0.25, 0.3) is 10.9 Å². The molecule has 0 bridgehead atoms. The number of sulfonamides is 1. The minimum Gasteiger partial charge on any atom is -0.361 e. The van der Waals surface area contributed by atoms with Gasteiger partial charge in [0.25, 0.3) is 0 Å². The molecule has 120 valence electrons. The number of aromatic nitrogens is 1. The normalized spacial score (nSPS) is 11.9. The zero-order chi connectivity index (χ0) is 16.4. The van der Waals surface area contributed by atoms with Gasteiger partial charge in [0.15, 0.2) is 0 Å². The predicted molar refractivity (Wildman–Crippen MR) is 93.7 cm³/mol. The molecule has 0 saturated carbocycles. The summed E-state index contributed by atoms with van der Waals surface area (Å²) in [6, 6.07) is 12.3. The van der Waals surface area contributed by atoms with Gasteiger partial charge in [-0.2, -0.15) is 0 Å². The zero-order valence-electron chi connectivity index (χ0n) is 12.0. The van der Waals surface area contributed by atoms with E-state index in [9.17, 15) is 8.42 Å². The van der Waals surface area contributed by atoms with Crippen LogP contribution in [0.15, 0.2) is 53.6 Å². The average Bonchev–Trinajstić information content (AvgIpc) is 2.93. The Morgan fingerprint density at radius 1 is 1.09 bits per heavy atom. The van der Waals surface area contributed by atoms with E-state index in [-0.39, 0.29) is 16.5 Å². The molecule has 0 aliphatic carbocycles. The summed E-state index contributed by atoms with van der Waals surface area (Å²) in [4.78, 5) is 3.16. The summed E-state index contributed by atoms with van der Waals surface area (Å²) in [5.41, 5.74) is 2.09. The highest BCUT2D eigenvalue weighted by atomic mass is 35.5. The van der Waals surface area contributed by atoms with Crippen molar-refractivity contribution in [1.29, 1.82) is 0 Å². The van der Waals surface area contributed by atoms with E-state index in [2.05, 4.69) is 9.71 Å². The predicted octanol–water partition coefficient (Wildman–Crippen LogP) is 4.00. The number of benzene rings is 2. The van der Waals surface area contributed by atoms with E-state index in [4.69, 9.17) is 23.2 Å². The SMILES string of the molecule is O=S(=O)(NCCc1c[nH]c2ccccc12)c1cc(Cl)ccc1Cl. The van der Waals surface area contributed by atoms with Crippen molar-refractivity contribution in [2.75, 3.05) is 6.54 Å². The summed E-state index contributed by atoms with van der Waals surface area (Å²) in [6.07, 6.45) is 2.47. The average molecular weight is 369 g/mol. The lowest BCUT2D eigenvalue weighted by atomic mass is 10.1. The van der Waals surface area contributed by atoms with Gasteiger partial charge in [0.2, 0.25) is 10.0 Å². The molecule has 0 amide bonds. The second kappa shape index (κ2) is 6.53. The molecule has 1 heterocycles. The van der Waals surface area contributed by atoms with Crippen LogP contribution in [0.3, 0.4) is 0 Å². The Labute approximate surface area is 144 Å². The lowest BCUT2D eigenvalue weighted by Crippen LogP contribution is -2.26. The van der Waals surface area contributed by atoms with Crippen LogP contribution in [-0.4, -0.2) is 19.9 Å². The number of aromatic amines is 1. The van der Waals surface area contributed by atoms with E-state index < -0.39 is 10.0 Å². The molecule has 0 spiro atoms. The maximum absolute atomic E-state index is 12.3. The van der Waals surface area contributed by atoms with Crippen LogP contribution in [0.2, 0.25) is 10.0 Å². The van der Waals surface area contributed by atoms with Crippen LogP contribution >= 0.6 is 23.2 Å². The molecule has 0 atom stereocenters. The van der Waals surface area contributed by atoms with Crippen molar-refractivity contribution in [1.82, 2.24) is 9.71 Å². The van der Waals surface area contributed by atoms with Crippen molar-refractivity contribution < 1.29 is 8.42 Å². The number of para-hydroxylation sites is 1. The molecule has 23 heavy (non-hydrogen) atoms. The highest BCUT2D eigenvalue weighted by Crippen LogP contribution is 2.25. The first-order valence-corrected chi connectivity index (χ1v) is 9.21. The third kappa shape index (κ3) is 3.53. The summed E-state index contributed by atoms with van der Waals surface area (Å²) >= 11 is 11.8. The molecule has 2 aromatic carbocycles.